The second-order valence-corrected chi connectivity index (χ2v) is 9.71. The number of aryl methyl sites for hydroxylation is 1. The Morgan fingerprint density at radius 1 is 1.10 bits per heavy atom. The van der Waals surface area contributed by atoms with Gasteiger partial charge < -0.3 is 21.3 Å². The van der Waals surface area contributed by atoms with Gasteiger partial charge in [-0.3, -0.25) is 4.79 Å². The minimum absolute atomic E-state index is 0.180. The lowest BCUT2D eigenvalue weighted by Gasteiger charge is -2.16. The summed E-state index contributed by atoms with van der Waals surface area (Å²) < 4.78 is 30.1. The van der Waals surface area contributed by atoms with Gasteiger partial charge in [0, 0.05) is 61.2 Å². The van der Waals surface area contributed by atoms with Gasteiger partial charge in [0.2, 0.25) is 0 Å². The van der Waals surface area contributed by atoms with Crippen molar-refractivity contribution < 1.29 is 13.6 Å². The molecule has 2 aromatic carbocycles. The highest BCUT2D eigenvalue weighted by Gasteiger charge is 2.27. The summed E-state index contributed by atoms with van der Waals surface area (Å²) in [7, 11) is 1.77. The molecule has 1 aliphatic carbocycles. The number of rotatable bonds is 10. The molecule has 1 aliphatic rings. The molecule has 0 spiro atoms. The number of anilines is 4. The summed E-state index contributed by atoms with van der Waals surface area (Å²) in [4.78, 5) is 21.6. The van der Waals surface area contributed by atoms with Gasteiger partial charge in [-0.25, -0.2) is 18.7 Å². The molecular formula is C28H30F2N8O. The van der Waals surface area contributed by atoms with Crippen molar-refractivity contribution in [1.82, 2.24) is 25.1 Å². The van der Waals surface area contributed by atoms with E-state index < -0.39 is 11.8 Å². The third kappa shape index (κ3) is 6.37. The molecule has 202 valence electrons. The third-order valence-electron chi connectivity index (χ3n) is 6.46. The molecule has 4 aromatic rings. The van der Waals surface area contributed by atoms with E-state index >= 15 is 0 Å². The number of carbonyl (C=O) groups is 1. The Hall–Kier alpha value is -4.38. The zero-order valence-corrected chi connectivity index (χ0v) is 21.9. The van der Waals surface area contributed by atoms with E-state index in [0.29, 0.717) is 41.3 Å². The van der Waals surface area contributed by atoms with Crippen molar-refractivity contribution >= 4 is 28.9 Å². The lowest BCUT2D eigenvalue weighted by atomic mass is 10.0. The van der Waals surface area contributed by atoms with Crippen molar-refractivity contribution in [1.29, 1.82) is 0 Å². The molecule has 39 heavy (non-hydrogen) atoms. The molecule has 4 N–H and O–H groups in total. The molecule has 2 aromatic heterocycles. The van der Waals surface area contributed by atoms with E-state index in [-0.39, 0.29) is 11.1 Å². The van der Waals surface area contributed by atoms with Gasteiger partial charge in [-0.2, -0.15) is 9.78 Å². The van der Waals surface area contributed by atoms with Gasteiger partial charge in [0.05, 0.1) is 6.20 Å². The molecule has 1 amide bonds. The summed E-state index contributed by atoms with van der Waals surface area (Å²) in [5.41, 5.74) is 2.83. The van der Waals surface area contributed by atoms with Crippen LogP contribution in [0.15, 0.2) is 61.1 Å². The third-order valence-corrected chi connectivity index (χ3v) is 6.46. The van der Waals surface area contributed by atoms with Gasteiger partial charge in [-0.05, 0) is 61.2 Å². The van der Waals surface area contributed by atoms with Crippen LogP contribution in [-0.2, 0) is 12.5 Å². The molecular weight excluding hydrogens is 502 g/mol. The SMILES string of the molecule is CNc1cc(-n2nccc2Nc2cc(NC(=O)c3cc(CNC4CC4)cc(C(C)(F)F)c3)ccc2C)ncn1. The van der Waals surface area contributed by atoms with Crippen LogP contribution in [0.4, 0.5) is 31.8 Å². The number of alkyl halides is 2. The van der Waals surface area contributed by atoms with E-state index in [9.17, 15) is 13.6 Å². The molecule has 0 aliphatic heterocycles. The van der Waals surface area contributed by atoms with Crippen molar-refractivity contribution in [3.8, 4) is 5.82 Å². The average Bonchev–Trinajstić information content (AvgIpc) is 3.64. The number of nitrogens with zero attached hydrogens (tertiary/aromatic N) is 4. The molecule has 0 bridgehead atoms. The van der Waals surface area contributed by atoms with Crippen molar-refractivity contribution in [3.63, 3.8) is 0 Å². The van der Waals surface area contributed by atoms with Crippen LogP contribution in [0.2, 0.25) is 0 Å². The van der Waals surface area contributed by atoms with E-state index in [2.05, 4.69) is 36.3 Å². The number of halogens is 2. The van der Waals surface area contributed by atoms with E-state index in [4.69, 9.17) is 0 Å². The summed E-state index contributed by atoms with van der Waals surface area (Å²) in [5, 5.41) is 16.9. The Morgan fingerprint density at radius 3 is 2.67 bits per heavy atom. The van der Waals surface area contributed by atoms with Crippen LogP contribution in [0.3, 0.4) is 0 Å². The Bertz CT molecular complexity index is 1490. The van der Waals surface area contributed by atoms with E-state index in [1.807, 2.05) is 13.0 Å². The zero-order valence-electron chi connectivity index (χ0n) is 21.9. The van der Waals surface area contributed by atoms with Gasteiger partial charge in [-0.1, -0.05) is 6.07 Å². The van der Waals surface area contributed by atoms with Crippen molar-refractivity contribution in [3.05, 3.63) is 83.3 Å². The highest BCUT2D eigenvalue weighted by molar-refractivity contribution is 6.04. The number of amides is 1. The lowest BCUT2D eigenvalue weighted by molar-refractivity contribution is 0.0173. The minimum atomic E-state index is -3.06. The molecule has 9 nitrogen and oxygen atoms in total. The van der Waals surface area contributed by atoms with Gasteiger partial charge in [0.25, 0.3) is 11.8 Å². The average molecular weight is 533 g/mol. The van der Waals surface area contributed by atoms with Gasteiger partial charge in [0.15, 0.2) is 5.82 Å². The predicted octanol–water partition coefficient (Wildman–Crippen LogP) is 5.37. The molecule has 11 heteroatoms. The van der Waals surface area contributed by atoms with Gasteiger partial charge in [-0.15, -0.1) is 0 Å². The fourth-order valence-corrected chi connectivity index (χ4v) is 4.08. The molecule has 1 fully saturated rings. The monoisotopic (exact) mass is 532 g/mol. The molecule has 1 saturated carbocycles. The topological polar surface area (TPSA) is 109 Å². The summed E-state index contributed by atoms with van der Waals surface area (Å²) >= 11 is 0. The second-order valence-electron chi connectivity index (χ2n) is 9.71. The standard InChI is InChI=1S/C28H30F2N8O/c1-17-4-5-22(13-23(17)37-25-8-9-35-38(25)26-14-24(31-3)33-16-34-26)36-27(39)19-10-18(15-32-21-6-7-21)11-20(12-19)28(2,29)30/h4-5,8-14,16,21,32,37H,6-7,15H2,1-3H3,(H,36,39)(H,31,33,34). The number of aromatic nitrogens is 4. The number of hydrogen-bond donors (Lipinski definition) is 4. The quantitative estimate of drug-likeness (QED) is 0.217. The lowest BCUT2D eigenvalue weighted by Crippen LogP contribution is -2.19. The molecule has 0 radical (unpaired) electrons. The van der Waals surface area contributed by atoms with Crippen LogP contribution in [0.1, 0.15) is 46.8 Å². The van der Waals surface area contributed by atoms with E-state index in [1.165, 1.54) is 18.5 Å². The minimum Gasteiger partial charge on any atom is -0.373 e. The highest BCUT2D eigenvalue weighted by atomic mass is 19.3. The van der Waals surface area contributed by atoms with Crippen LogP contribution in [0.25, 0.3) is 5.82 Å². The Morgan fingerprint density at radius 2 is 1.92 bits per heavy atom. The van der Waals surface area contributed by atoms with Gasteiger partial charge in [0.1, 0.15) is 18.0 Å². The maximum absolute atomic E-state index is 14.2. The molecule has 2 heterocycles. The summed E-state index contributed by atoms with van der Waals surface area (Å²) in [6, 6.07) is 13.8. The number of hydrogen-bond acceptors (Lipinski definition) is 7. The number of benzene rings is 2. The molecule has 5 rings (SSSR count). The zero-order chi connectivity index (χ0) is 27.6. The maximum atomic E-state index is 14.2. The Kier molecular flexibility index (Phi) is 7.25. The highest BCUT2D eigenvalue weighted by Crippen LogP contribution is 2.30. The number of nitrogens with one attached hydrogen (secondary N) is 4. The largest absolute Gasteiger partial charge is 0.373 e. The fourth-order valence-electron chi connectivity index (χ4n) is 4.08. The summed E-state index contributed by atoms with van der Waals surface area (Å²) in [6.45, 7) is 3.21. The van der Waals surface area contributed by atoms with Crippen LogP contribution in [-0.4, -0.2) is 38.7 Å². The predicted molar refractivity (Wildman–Crippen MR) is 147 cm³/mol. The van der Waals surface area contributed by atoms with Crippen molar-refractivity contribution in [2.45, 2.75) is 45.2 Å². The first-order chi connectivity index (χ1) is 18.7. The number of carbonyl (C=O) groups excluding carboxylic acids is 1. The maximum Gasteiger partial charge on any atom is 0.270 e. The first-order valence-electron chi connectivity index (χ1n) is 12.7. The first-order valence-corrected chi connectivity index (χ1v) is 12.7. The second kappa shape index (κ2) is 10.8. The van der Waals surface area contributed by atoms with Crippen LogP contribution >= 0.6 is 0 Å². The molecule has 0 unspecified atom stereocenters. The first kappa shape index (κ1) is 26.2. The Labute approximate surface area is 225 Å². The van der Waals surface area contributed by atoms with Crippen molar-refractivity contribution in [2.75, 3.05) is 23.0 Å². The molecule has 0 saturated heterocycles. The van der Waals surface area contributed by atoms with E-state index in [0.717, 1.165) is 31.0 Å². The Balaban J connectivity index is 1.37. The smallest absolute Gasteiger partial charge is 0.270 e. The van der Waals surface area contributed by atoms with Crippen LogP contribution in [0.5, 0.6) is 0 Å². The summed E-state index contributed by atoms with van der Waals surface area (Å²) in [6.07, 6.45) is 5.26. The summed E-state index contributed by atoms with van der Waals surface area (Å²) in [5.74, 6) is -1.64. The normalized spacial score (nSPS) is 13.3. The van der Waals surface area contributed by atoms with Crippen LogP contribution in [0, 0.1) is 6.92 Å². The van der Waals surface area contributed by atoms with E-state index in [1.54, 1.807) is 48.3 Å². The van der Waals surface area contributed by atoms with Gasteiger partial charge >= 0.3 is 0 Å². The van der Waals surface area contributed by atoms with Crippen molar-refractivity contribution in [2.24, 2.45) is 0 Å². The van der Waals surface area contributed by atoms with Crippen LogP contribution < -0.4 is 21.3 Å². The fraction of sp³-hybridized carbons (Fsp3) is 0.286. The molecule has 0 atom stereocenters.